The standard InChI is InChI=1S/C23H27FN4O5/c24-16-5-3-12-8-14(16)11-19(23(32)33)28-22(31)18(2-1-7-25)27-21(30)17(26)10-15-9-13(12)4-6-20(15)29/h3-6,8-9,17-19,29H,1-2,7,10-11,25-26H2,(H,27,30)(H,28,31)(H,32,33)/t17-,18-,19-/m0/s1. The Kier molecular flexibility index (Phi) is 7.62. The van der Waals surface area contributed by atoms with E-state index in [0.29, 0.717) is 23.1 Å². The van der Waals surface area contributed by atoms with Crippen molar-refractivity contribution in [3.8, 4) is 16.9 Å². The summed E-state index contributed by atoms with van der Waals surface area (Å²) in [6.45, 7) is 0.257. The highest BCUT2D eigenvalue weighted by atomic mass is 19.1. The topological polar surface area (TPSA) is 168 Å². The molecule has 0 radical (unpaired) electrons. The second kappa shape index (κ2) is 10.4. The van der Waals surface area contributed by atoms with E-state index >= 15 is 0 Å². The number of carboxylic acid groups (broad SMARTS) is 1. The SMILES string of the molecule is NCCC[C@@H]1NC(=O)[C@@H](N)Cc2cc(ccc2O)-c2ccc(F)c(c2)C[C@@H](C(=O)O)NC1=O. The van der Waals surface area contributed by atoms with Crippen molar-refractivity contribution in [1.82, 2.24) is 10.6 Å². The third kappa shape index (κ3) is 5.85. The number of phenols is 1. The molecule has 9 nitrogen and oxygen atoms in total. The molecule has 0 spiro atoms. The summed E-state index contributed by atoms with van der Waals surface area (Å²) in [4.78, 5) is 37.4. The molecule has 1 aliphatic heterocycles. The Hall–Kier alpha value is -3.50. The monoisotopic (exact) mass is 458 g/mol. The molecule has 0 fully saturated rings. The quantitative estimate of drug-likeness (QED) is 0.386. The van der Waals surface area contributed by atoms with Crippen molar-refractivity contribution in [3.05, 3.63) is 53.3 Å². The molecule has 10 heteroatoms. The summed E-state index contributed by atoms with van der Waals surface area (Å²) in [5, 5.41) is 24.8. The Balaban J connectivity index is 2.08. The summed E-state index contributed by atoms with van der Waals surface area (Å²) < 4.78 is 14.5. The van der Waals surface area contributed by atoms with Crippen molar-refractivity contribution in [1.29, 1.82) is 0 Å². The van der Waals surface area contributed by atoms with Gasteiger partial charge in [0.05, 0.1) is 6.04 Å². The van der Waals surface area contributed by atoms with Crippen molar-refractivity contribution >= 4 is 17.8 Å². The lowest BCUT2D eigenvalue weighted by atomic mass is 9.96. The Labute approximate surface area is 190 Å². The first-order chi connectivity index (χ1) is 15.7. The first-order valence-corrected chi connectivity index (χ1v) is 10.6. The Morgan fingerprint density at radius 3 is 2.36 bits per heavy atom. The molecule has 2 amide bonds. The lowest BCUT2D eigenvalue weighted by molar-refractivity contribution is -0.142. The molecule has 0 saturated carbocycles. The van der Waals surface area contributed by atoms with Gasteiger partial charge in [0, 0.05) is 12.8 Å². The molecule has 4 bridgehead atoms. The van der Waals surface area contributed by atoms with Crippen LogP contribution in [0.15, 0.2) is 36.4 Å². The van der Waals surface area contributed by atoms with E-state index in [0.717, 1.165) is 0 Å². The van der Waals surface area contributed by atoms with E-state index in [2.05, 4.69) is 10.6 Å². The van der Waals surface area contributed by atoms with E-state index in [1.165, 1.54) is 24.3 Å². The normalized spacial score (nSPS) is 21.4. The van der Waals surface area contributed by atoms with Gasteiger partial charge in [0.1, 0.15) is 23.7 Å². The second-order valence-electron chi connectivity index (χ2n) is 8.06. The minimum atomic E-state index is -1.42. The highest BCUT2D eigenvalue weighted by Gasteiger charge is 2.29. The highest BCUT2D eigenvalue weighted by Crippen LogP contribution is 2.28. The van der Waals surface area contributed by atoms with Crippen LogP contribution in [0.25, 0.3) is 11.1 Å². The lowest BCUT2D eigenvalue weighted by Gasteiger charge is -2.23. The van der Waals surface area contributed by atoms with Gasteiger partial charge >= 0.3 is 5.97 Å². The van der Waals surface area contributed by atoms with Gasteiger partial charge in [-0.05, 0) is 65.9 Å². The van der Waals surface area contributed by atoms with Gasteiger partial charge in [0.2, 0.25) is 11.8 Å². The highest BCUT2D eigenvalue weighted by molar-refractivity contribution is 5.92. The van der Waals surface area contributed by atoms with Crippen LogP contribution in [-0.2, 0) is 27.2 Å². The van der Waals surface area contributed by atoms with Gasteiger partial charge in [-0.15, -0.1) is 0 Å². The van der Waals surface area contributed by atoms with Crippen LogP contribution in [0.1, 0.15) is 24.0 Å². The fraction of sp³-hybridized carbons (Fsp3) is 0.348. The second-order valence-corrected chi connectivity index (χ2v) is 8.06. The molecule has 0 saturated heterocycles. The fourth-order valence-electron chi connectivity index (χ4n) is 3.73. The van der Waals surface area contributed by atoms with E-state index in [1.54, 1.807) is 12.1 Å². The molecular weight excluding hydrogens is 431 g/mol. The number of aromatic hydroxyl groups is 1. The number of hydrogen-bond donors (Lipinski definition) is 6. The maximum Gasteiger partial charge on any atom is 0.326 e. The molecule has 0 unspecified atom stereocenters. The fourth-order valence-corrected chi connectivity index (χ4v) is 3.73. The van der Waals surface area contributed by atoms with Gasteiger partial charge in [0.25, 0.3) is 0 Å². The number of carbonyl (C=O) groups is 3. The minimum Gasteiger partial charge on any atom is -0.508 e. The van der Waals surface area contributed by atoms with Crippen LogP contribution < -0.4 is 22.1 Å². The van der Waals surface area contributed by atoms with Gasteiger partial charge in [-0.2, -0.15) is 0 Å². The molecule has 176 valence electrons. The predicted octanol–water partition coefficient (Wildman–Crippen LogP) is 0.417. The summed E-state index contributed by atoms with van der Waals surface area (Å²) in [5.74, 6) is -3.38. The van der Waals surface area contributed by atoms with Crippen molar-refractivity contribution in [3.63, 3.8) is 0 Å². The Morgan fingerprint density at radius 2 is 1.70 bits per heavy atom. The van der Waals surface area contributed by atoms with E-state index in [1.807, 2.05) is 0 Å². The van der Waals surface area contributed by atoms with Crippen LogP contribution in [0.4, 0.5) is 4.39 Å². The molecule has 0 aromatic heterocycles. The lowest BCUT2D eigenvalue weighted by Crippen LogP contribution is -2.55. The number of aliphatic carboxylic acids is 1. The smallest absolute Gasteiger partial charge is 0.326 e. The van der Waals surface area contributed by atoms with Crippen LogP contribution in [0.5, 0.6) is 5.75 Å². The zero-order chi connectivity index (χ0) is 24.1. The number of amides is 2. The molecule has 1 aliphatic rings. The Morgan fingerprint density at radius 1 is 1.03 bits per heavy atom. The molecule has 33 heavy (non-hydrogen) atoms. The molecule has 0 aliphatic carbocycles. The summed E-state index contributed by atoms with van der Waals surface area (Å²) in [6, 6.07) is 5.39. The van der Waals surface area contributed by atoms with Gasteiger partial charge in [0.15, 0.2) is 0 Å². The first-order valence-electron chi connectivity index (χ1n) is 10.6. The minimum absolute atomic E-state index is 0.0114. The molecule has 8 N–H and O–H groups in total. The van der Waals surface area contributed by atoms with Crippen molar-refractivity contribution in [2.24, 2.45) is 11.5 Å². The maximum atomic E-state index is 14.5. The molecule has 3 rings (SSSR count). The number of carbonyl (C=O) groups excluding carboxylic acids is 2. The number of rotatable bonds is 4. The molecule has 2 aromatic rings. The van der Waals surface area contributed by atoms with Crippen LogP contribution in [-0.4, -0.2) is 52.7 Å². The van der Waals surface area contributed by atoms with Crippen LogP contribution in [0.3, 0.4) is 0 Å². The van der Waals surface area contributed by atoms with E-state index in [-0.39, 0.29) is 37.1 Å². The largest absolute Gasteiger partial charge is 0.508 e. The molecule has 3 atom stereocenters. The third-order valence-corrected chi connectivity index (χ3v) is 5.60. The average molecular weight is 458 g/mol. The summed E-state index contributed by atoms with van der Waals surface area (Å²) in [5.41, 5.74) is 13.3. The van der Waals surface area contributed by atoms with E-state index in [4.69, 9.17) is 11.5 Å². The summed E-state index contributed by atoms with van der Waals surface area (Å²) in [7, 11) is 0. The van der Waals surface area contributed by atoms with Crippen molar-refractivity contribution in [2.75, 3.05) is 6.54 Å². The van der Waals surface area contributed by atoms with Gasteiger partial charge in [-0.25, -0.2) is 9.18 Å². The number of nitrogens with one attached hydrogen (secondary N) is 2. The van der Waals surface area contributed by atoms with Crippen LogP contribution in [0, 0.1) is 5.82 Å². The third-order valence-electron chi connectivity index (χ3n) is 5.60. The van der Waals surface area contributed by atoms with Gasteiger partial charge in [-0.3, -0.25) is 9.59 Å². The summed E-state index contributed by atoms with van der Waals surface area (Å²) >= 11 is 0. The van der Waals surface area contributed by atoms with Crippen LogP contribution in [0.2, 0.25) is 0 Å². The zero-order valence-corrected chi connectivity index (χ0v) is 17.9. The van der Waals surface area contributed by atoms with Crippen molar-refractivity contribution < 1.29 is 29.0 Å². The number of benzene rings is 2. The number of carboxylic acids is 1. The Bertz CT molecular complexity index is 1060. The average Bonchev–Trinajstić information content (AvgIpc) is 2.78. The van der Waals surface area contributed by atoms with E-state index < -0.39 is 41.7 Å². The number of hydrogen-bond acceptors (Lipinski definition) is 6. The van der Waals surface area contributed by atoms with Crippen molar-refractivity contribution in [2.45, 2.75) is 43.8 Å². The number of fused-ring (bicyclic) bond motifs is 5. The summed E-state index contributed by atoms with van der Waals surface area (Å²) in [6.07, 6.45) is 0.244. The van der Waals surface area contributed by atoms with Crippen LogP contribution >= 0.6 is 0 Å². The van der Waals surface area contributed by atoms with E-state index in [9.17, 15) is 29.0 Å². The molecule has 2 aromatic carbocycles. The maximum absolute atomic E-state index is 14.5. The number of phenolic OH excluding ortho intramolecular Hbond substituents is 1. The number of nitrogens with two attached hydrogens (primary N) is 2. The van der Waals surface area contributed by atoms with Gasteiger partial charge in [-0.1, -0.05) is 12.1 Å². The predicted molar refractivity (Wildman–Crippen MR) is 119 cm³/mol. The molecule has 1 heterocycles. The molecular formula is C23H27FN4O5. The zero-order valence-electron chi connectivity index (χ0n) is 17.9. The van der Waals surface area contributed by atoms with Gasteiger partial charge < -0.3 is 32.3 Å². The number of halogens is 1. The first kappa shape index (κ1) is 24.1.